The molecule has 2 aromatic rings. The Morgan fingerprint density at radius 3 is 2.34 bits per heavy atom. The number of carbonyl (C=O) groups excluding carboxylic acids is 1. The minimum absolute atomic E-state index is 0.0728. The van der Waals surface area contributed by atoms with E-state index in [1.165, 1.54) is 29.1 Å². The van der Waals surface area contributed by atoms with E-state index in [9.17, 15) is 4.79 Å². The minimum atomic E-state index is -0.281. The van der Waals surface area contributed by atoms with Crippen LogP contribution in [-0.4, -0.2) is 46.7 Å². The average molecular weight is 435 g/mol. The van der Waals surface area contributed by atoms with E-state index in [4.69, 9.17) is 11.6 Å². The summed E-state index contributed by atoms with van der Waals surface area (Å²) in [5.74, 6) is -0.281. The van der Waals surface area contributed by atoms with Crippen LogP contribution in [-0.2, 0) is 5.41 Å². The fraction of sp³-hybridized carbons (Fsp3) is 0.500. The molecule has 1 heterocycles. The quantitative estimate of drug-likeness (QED) is 0.470. The number of hydrogen-bond acceptors (Lipinski definition) is 5. The number of likely N-dealkylation sites (N-methyl/N-ethyl adjacent to an activating group) is 1. The number of thioether (sulfide) groups is 1. The fourth-order valence-corrected chi connectivity index (χ4v) is 3.73. The maximum absolute atomic E-state index is 12.7. The van der Waals surface area contributed by atoms with Gasteiger partial charge in [-0.1, -0.05) is 82.2 Å². The number of amides is 1. The van der Waals surface area contributed by atoms with Crippen molar-refractivity contribution < 1.29 is 4.79 Å². The molecule has 0 fully saturated rings. The first-order valence-electron chi connectivity index (χ1n) is 9.90. The summed E-state index contributed by atoms with van der Waals surface area (Å²) < 4.78 is 0. The van der Waals surface area contributed by atoms with E-state index in [-0.39, 0.29) is 28.1 Å². The molecule has 0 aliphatic carbocycles. The van der Waals surface area contributed by atoms with Crippen molar-refractivity contribution in [1.29, 1.82) is 0 Å². The molecule has 158 valence electrons. The standard InChI is InChI=1S/C22H31ClN4OS/c1-7-27(8-2)18(15-9-11-16(12-10-15)22(3,4)5)14-24-20(28)19-17(23)13-25-21(26-19)29-6/h9-13,18H,7-8,14H2,1-6H3,(H,24,28). The Morgan fingerprint density at radius 1 is 1.21 bits per heavy atom. The third-order valence-electron chi connectivity index (χ3n) is 4.99. The molecule has 7 heteroatoms. The lowest BCUT2D eigenvalue weighted by Gasteiger charge is -2.31. The van der Waals surface area contributed by atoms with Crippen molar-refractivity contribution in [2.75, 3.05) is 25.9 Å². The van der Waals surface area contributed by atoms with Gasteiger partial charge in [-0.3, -0.25) is 9.69 Å². The van der Waals surface area contributed by atoms with Gasteiger partial charge in [0.1, 0.15) is 0 Å². The Balaban J connectivity index is 2.22. The molecule has 1 atom stereocenters. The van der Waals surface area contributed by atoms with Crippen molar-refractivity contribution in [2.24, 2.45) is 0 Å². The number of hydrogen-bond donors (Lipinski definition) is 1. The average Bonchev–Trinajstić information content (AvgIpc) is 2.70. The predicted octanol–water partition coefficient (Wildman–Crippen LogP) is 4.96. The number of benzene rings is 1. The van der Waals surface area contributed by atoms with Crippen LogP contribution < -0.4 is 5.32 Å². The molecule has 0 saturated heterocycles. The van der Waals surface area contributed by atoms with E-state index in [0.29, 0.717) is 11.7 Å². The Labute approximate surface area is 183 Å². The fourth-order valence-electron chi connectivity index (χ4n) is 3.21. The van der Waals surface area contributed by atoms with Gasteiger partial charge in [0.15, 0.2) is 10.9 Å². The van der Waals surface area contributed by atoms with Gasteiger partial charge in [-0.25, -0.2) is 9.97 Å². The highest BCUT2D eigenvalue weighted by atomic mass is 35.5. The first-order valence-corrected chi connectivity index (χ1v) is 11.5. The summed E-state index contributed by atoms with van der Waals surface area (Å²) in [4.78, 5) is 23.4. The summed E-state index contributed by atoms with van der Waals surface area (Å²) in [7, 11) is 0. The molecular formula is C22H31ClN4OS. The number of carbonyl (C=O) groups is 1. The van der Waals surface area contributed by atoms with Gasteiger partial charge in [0.05, 0.1) is 17.3 Å². The summed E-state index contributed by atoms with van der Waals surface area (Å²) >= 11 is 7.53. The molecular weight excluding hydrogens is 404 g/mol. The van der Waals surface area contributed by atoms with Crippen LogP contribution in [0.2, 0.25) is 5.02 Å². The molecule has 1 amide bonds. The maximum atomic E-state index is 12.7. The van der Waals surface area contributed by atoms with Crippen LogP contribution in [0.5, 0.6) is 0 Å². The lowest BCUT2D eigenvalue weighted by atomic mass is 9.86. The van der Waals surface area contributed by atoms with E-state index in [0.717, 1.165) is 13.1 Å². The molecule has 5 nitrogen and oxygen atoms in total. The molecule has 29 heavy (non-hydrogen) atoms. The van der Waals surface area contributed by atoms with Gasteiger partial charge in [-0.05, 0) is 35.9 Å². The van der Waals surface area contributed by atoms with Crippen LogP contribution in [0.25, 0.3) is 0 Å². The molecule has 0 saturated carbocycles. The summed E-state index contributed by atoms with van der Waals surface area (Å²) in [6.45, 7) is 13.1. The molecule has 1 aromatic carbocycles. The first kappa shape index (κ1) is 23.6. The first-order chi connectivity index (χ1) is 13.7. The summed E-state index contributed by atoms with van der Waals surface area (Å²) in [5.41, 5.74) is 2.80. The van der Waals surface area contributed by atoms with Crippen molar-refractivity contribution in [3.63, 3.8) is 0 Å². The van der Waals surface area contributed by atoms with Gasteiger partial charge in [0.25, 0.3) is 5.91 Å². The largest absolute Gasteiger partial charge is 0.349 e. The van der Waals surface area contributed by atoms with Crippen molar-refractivity contribution in [3.8, 4) is 0 Å². The maximum Gasteiger partial charge on any atom is 0.271 e. The lowest BCUT2D eigenvalue weighted by Crippen LogP contribution is -2.38. The second-order valence-corrected chi connectivity index (χ2v) is 9.05. The molecule has 0 spiro atoms. The van der Waals surface area contributed by atoms with Gasteiger partial charge < -0.3 is 5.32 Å². The Bertz CT molecular complexity index is 817. The van der Waals surface area contributed by atoms with Crippen LogP contribution in [0.15, 0.2) is 35.6 Å². The number of nitrogens with one attached hydrogen (secondary N) is 1. The Morgan fingerprint density at radius 2 is 1.83 bits per heavy atom. The molecule has 1 aromatic heterocycles. The van der Waals surface area contributed by atoms with E-state index >= 15 is 0 Å². The summed E-state index contributed by atoms with van der Waals surface area (Å²) in [6.07, 6.45) is 3.34. The number of rotatable bonds is 8. The van der Waals surface area contributed by atoms with Crippen molar-refractivity contribution >= 4 is 29.3 Å². The Kier molecular flexibility index (Phi) is 8.49. The third-order valence-corrected chi connectivity index (χ3v) is 5.83. The zero-order valence-corrected chi connectivity index (χ0v) is 19.7. The minimum Gasteiger partial charge on any atom is -0.349 e. The van der Waals surface area contributed by atoms with Crippen LogP contribution in [0.3, 0.4) is 0 Å². The molecule has 0 radical (unpaired) electrons. The molecule has 0 aliphatic heterocycles. The second-order valence-electron chi connectivity index (χ2n) is 7.87. The van der Waals surface area contributed by atoms with Crippen LogP contribution >= 0.6 is 23.4 Å². The monoisotopic (exact) mass is 434 g/mol. The van der Waals surface area contributed by atoms with E-state index in [1.807, 2.05) is 6.26 Å². The zero-order chi connectivity index (χ0) is 21.6. The van der Waals surface area contributed by atoms with E-state index < -0.39 is 0 Å². The SMILES string of the molecule is CCN(CC)C(CNC(=O)c1nc(SC)ncc1Cl)c1ccc(C(C)(C)C)cc1. The van der Waals surface area contributed by atoms with Gasteiger partial charge >= 0.3 is 0 Å². The molecule has 0 aliphatic rings. The second kappa shape index (κ2) is 10.4. The summed E-state index contributed by atoms with van der Waals surface area (Å²) in [6, 6.07) is 8.77. The van der Waals surface area contributed by atoms with Gasteiger partial charge in [-0.15, -0.1) is 0 Å². The lowest BCUT2D eigenvalue weighted by molar-refractivity contribution is 0.0929. The van der Waals surface area contributed by atoms with Crippen molar-refractivity contribution in [2.45, 2.75) is 51.2 Å². The van der Waals surface area contributed by atoms with Crippen molar-refractivity contribution in [3.05, 3.63) is 52.3 Å². The van der Waals surface area contributed by atoms with E-state index in [1.54, 1.807) is 0 Å². The van der Waals surface area contributed by atoms with Gasteiger partial charge in [0, 0.05) is 6.54 Å². The van der Waals surface area contributed by atoms with Gasteiger partial charge in [-0.2, -0.15) is 0 Å². The van der Waals surface area contributed by atoms with Gasteiger partial charge in [0.2, 0.25) is 0 Å². The molecule has 1 unspecified atom stereocenters. The smallest absolute Gasteiger partial charge is 0.271 e. The number of nitrogens with zero attached hydrogens (tertiary/aromatic N) is 3. The highest BCUT2D eigenvalue weighted by Gasteiger charge is 2.22. The Hall–Kier alpha value is -1.63. The molecule has 2 rings (SSSR count). The van der Waals surface area contributed by atoms with Crippen molar-refractivity contribution in [1.82, 2.24) is 20.2 Å². The predicted molar refractivity (Wildman–Crippen MR) is 122 cm³/mol. The van der Waals surface area contributed by atoms with Crippen LogP contribution in [0, 0.1) is 0 Å². The highest BCUT2D eigenvalue weighted by molar-refractivity contribution is 7.98. The molecule has 1 N–H and O–H groups in total. The molecule has 0 bridgehead atoms. The topological polar surface area (TPSA) is 58.1 Å². The summed E-state index contributed by atoms with van der Waals surface area (Å²) in [5, 5.41) is 3.80. The van der Waals surface area contributed by atoms with Crippen LogP contribution in [0.4, 0.5) is 0 Å². The number of aromatic nitrogens is 2. The zero-order valence-electron chi connectivity index (χ0n) is 18.1. The normalized spacial score (nSPS) is 12.8. The number of halogens is 1. The highest BCUT2D eigenvalue weighted by Crippen LogP contribution is 2.26. The van der Waals surface area contributed by atoms with Crippen LogP contribution in [0.1, 0.15) is 62.3 Å². The van der Waals surface area contributed by atoms with E-state index in [2.05, 4.69) is 79.1 Å². The third kappa shape index (κ3) is 6.17.